The van der Waals surface area contributed by atoms with E-state index >= 15 is 0 Å². The highest BCUT2D eigenvalue weighted by Gasteiger charge is 2.12. The first-order valence-electron chi connectivity index (χ1n) is 7.65. The van der Waals surface area contributed by atoms with Crippen molar-refractivity contribution in [1.29, 1.82) is 0 Å². The van der Waals surface area contributed by atoms with Crippen LogP contribution < -0.4 is 0 Å². The van der Waals surface area contributed by atoms with Gasteiger partial charge < -0.3 is 24.5 Å². The Labute approximate surface area is 145 Å². The Hall–Kier alpha value is -1.66. The van der Waals surface area contributed by atoms with E-state index in [1.54, 1.807) is 25.3 Å². The predicted molar refractivity (Wildman–Crippen MR) is 91.6 cm³/mol. The van der Waals surface area contributed by atoms with Crippen LogP contribution in [0.4, 0.5) is 0 Å². The van der Waals surface area contributed by atoms with Crippen molar-refractivity contribution in [1.82, 2.24) is 0 Å². The Balaban J connectivity index is 1.99. The third-order valence-corrected chi connectivity index (χ3v) is 4.42. The number of rotatable bonds is 9. The maximum Gasteiger partial charge on any atom is 0.133 e. The molecule has 0 aliphatic carbocycles. The SMILES string of the molecule is COCC(=C=CC[C@@H](O)c1ccc(CO)o1)C[C@@H](O)c1cccs1. The van der Waals surface area contributed by atoms with E-state index in [0.717, 1.165) is 10.5 Å². The molecule has 0 aliphatic heterocycles. The average molecular weight is 350 g/mol. The zero-order valence-corrected chi connectivity index (χ0v) is 14.3. The Morgan fingerprint density at radius 3 is 2.79 bits per heavy atom. The molecule has 0 radical (unpaired) electrons. The van der Waals surface area contributed by atoms with Crippen molar-refractivity contribution in [2.75, 3.05) is 13.7 Å². The van der Waals surface area contributed by atoms with E-state index in [2.05, 4.69) is 5.73 Å². The van der Waals surface area contributed by atoms with Gasteiger partial charge in [-0.3, -0.25) is 0 Å². The number of hydrogen-bond acceptors (Lipinski definition) is 6. The molecule has 24 heavy (non-hydrogen) atoms. The highest BCUT2D eigenvalue weighted by molar-refractivity contribution is 7.10. The van der Waals surface area contributed by atoms with Crippen LogP contribution in [0.2, 0.25) is 0 Å². The molecule has 0 fully saturated rings. The van der Waals surface area contributed by atoms with Gasteiger partial charge in [-0.25, -0.2) is 0 Å². The van der Waals surface area contributed by atoms with Crippen LogP contribution in [0.15, 0.2) is 51.4 Å². The van der Waals surface area contributed by atoms with Gasteiger partial charge in [0.25, 0.3) is 0 Å². The van der Waals surface area contributed by atoms with Crippen molar-refractivity contribution in [2.45, 2.75) is 31.7 Å². The first-order chi connectivity index (χ1) is 11.6. The second kappa shape index (κ2) is 9.59. The lowest BCUT2D eigenvalue weighted by molar-refractivity contribution is 0.145. The molecular weight excluding hydrogens is 328 g/mol. The molecule has 0 aromatic carbocycles. The second-order valence-electron chi connectivity index (χ2n) is 5.33. The van der Waals surface area contributed by atoms with Gasteiger partial charge in [-0.1, -0.05) is 6.07 Å². The van der Waals surface area contributed by atoms with Crippen LogP contribution in [0.5, 0.6) is 0 Å². The molecule has 2 aromatic heterocycles. The number of aliphatic hydroxyl groups is 3. The Morgan fingerprint density at radius 1 is 1.33 bits per heavy atom. The van der Waals surface area contributed by atoms with Gasteiger partial charge in [-0.15, -0.1) is 17.1 Å². The van der Waals surface area contributed by atoms with Crippen molar-refractivity contribution >= 4 is 11.3 Å². The Morgan fingerprint density at radius 2 is 2.17 bits per heavy atom. The van der Waals surface area contributed by atoms with Crippen LogP contribution in [0.1, 0.15) is 41.4 Å². The van der Waals surface area contributed by atoms with Gasteiger partial charge in [0.1, 0.15) is 24.2 Å². The molecule has 6 heteroatoms. The minimum atomic E-state index is -0.802. The van der Waals surface area contributed by atoms with Crippen LogP contribution in [-0.2, 0) is 11.3 Å². The van der Waals surface area contributed by atoms with Crippen molar-refractivity contribution in [3.8, 4) is 0 Å². The molecule has 2 rings (SSSR count). The van der Waals surface area contributed by atoms with Crippen molar-refractivity contribution in [2.24, 2.45) is 0 Å². The molecule has 2 aromatic rings. The highest BCUT2D eigenvalue weighted by atomic mass is 32.1. The normalized spacial score (nSPS) is 13.3. The van der Waals surface area contributed by atoms with E-state index < -0.39 is 12.2 Å². The van der Waals surface area contributed by atoms with E-state index in [4.69, 9.17) is 14.3 Å². The fourth-order valence-corrected chi connectivity index (χ4v) is 2.95. The summed E-state index contributed by atoms with van der Waals surface area (Å²) in [6, 6.07) is 7.07. The molecule has 0 bridgehead atoms. The van der Waals surface area contributed by atoms with Crippen LogP contribution in [0.25, 0.3) is 0 Å². The van der Waals surface area contributed by atoms with Gasteiger partial charge >= 0.3 is 0 Å². The van der Waals surface area contributed by atoms with Gasteiger partial charge in [0.15, 0.2) is 0 Å². The standard InChI is InChI=1S/C18H22O5S/c1-22-12-13(10-16(21)18-6-3-9-24-18)4-2-5-15(20)17-8-7-14(11-19)23-17/h2-3,6-9,15-16,19-21H,5,10-12H2,1H3/t4?,15-,16-/m1/s1. The number of thiophene rings is 1. The van der Waals surface area contributed by atoms with Crippen LogP contribution in [0, 0.1) is 0 Å². The van der Waals surface area contributed by atoms with E-state index in [-0.39, 0.29) is 6.61 Å². The number of methoxy groups -OCH3 is 1. The maximum absolute atomic E-state index is 10.2. The maximum atomic E-state index is 10.2. The van der Waals surface area contributed by atoms with Gasteiger partial charge in [0.2, 0.25) is 0 Å². The van der Waals surface area contributed by atoms with E-state index in [0.29, 0.717) is 31.0 Å². The largest absolute Gasteiger partial charge is 0.461 e. The minimum absolute atomic E-state index is 0.193. The molecule has 0 aliphatic rings. The third kappa shape index (κ3) is 5.46. The second-order valence-corrected chi connectivity index (χ2v) is 6.31. The monoisotopic (exact) mass is 350 g/mol. The van der Waals surface area contributed by atoms with E-state index in [1.165, 1.54) is 11.3 Å². The Bertz CT molecular complexity index is 667. The quantitative estimate of drug-likeness (QED) is 0.605. The first kappa shape index (κ1) is 18.7. The van der Waals surface area contributed by atoms with Gasteiger partial charge in [-0.05, 0) is 35.2 Å². The third-order valence-electron chi connectivity index (χ3n) is 3.44. The lowest BCUT2D eigenvalue weighted by atomic mass is 10.1. The summed E-state index contributed by atoms with van der Waals surface area (Å²) < 4.78 is 10.4. The fourth-order valence-electron chi connectivity index (χ4n) is 2.24. The zero-order valence-electron chi connectivity index (χ0n) is 13.5. The van der Waals surface area contributed by atoms with E-state index in [9.17, 15) is 10.2 Å². The van der Waals surface area contributed by atoms with Gasteiger partial charge in [0.05, 0.1) is 12.7 Å². The molecule has 3 N–H and O–H groups in total. The molecule has 0 saturated heterocycles. The molecule has 5 nitrogen and oxygen atoms in total. The summed E-state index contributed by atoms with van der Waals surface area (Å²) in [5.74, 6) is 0.826. The zero-order chi connectivity index (χ0) is 17.4. The first-order valence-corrected chi connectivity index (χ1v) is 8.52. The summed E-state index contributed by atoms with van der Waals surface area (Å²) in [7, 11) is 1.59. The van der Waals surface area contributed by atoms with E-state index in [1.807, 2.05) is 17.5 Å². The van der Waals surface area contributed by atoms with Crippen molar-refractivity contribution in [3.05, 3.63) is 63.4 Å². The van der Waals surface area contributed by atoms with Gasteiger partial charge in [-0.2, -0.15) is 0 Å². The van der Waals surface area contributed by atoms with Crippen LogP contribution in [0.3, 0.4) is 0 Å². The molecule has 2 heterocycles. The average Bonchev–Trinajstić information content (AvgIpc) is 3.26. The minimum Gasteiger partial charge on any atom is -0.461 e. The van der Waals surface area contributed by atoms with Crippen LogP contribution >= 0.6 is 11.3 Å². The Kier molecular flexibility index (Phi) is 7.46. The predicted octanol–water partition coefficient (Wildman–Crippen LogP) is 3.11. The number of furan rings is 1. The molecule has 0 unspecified atom stereocenters. The number of ether oxygens (including phenoxy) is 1. The molecule has 130 valence electrons. The summed E-state index contributed by atoms with van der Waals surface area (Å²) in [6.45, 7) is 0.172. The molecule has 2 atom stereocenters. The van der Waals surface area contributed by atoms with Crippen LogP contribution in [-0.4, -0.2) is 29.0 Å². The topological polar surface area (TPSA) is 83.1 Å². The summed E-state index contributed by atoms with van der Waals surface area (Å²) in [5.41, 5.74) is 3.92. The fraction of sp³-hybridized carbons (Fsp3) is 0.389. The molecular formula is C18H22O5S. The molecule has 0 amide bonds. The summed E-state index contributed by atoms with van der Waals surface area (Å²) in [4.78, 5) is 0.901. The number of hydrogen-bond donors (Lipinski definition) is 3. The summed E-state index contributed by atoms with van der Waals surface area (Å²) in [5, 5.41) is 31.2. The number of aliphatic hydroxyl groups excluding tert-OH is 3. The highest BCUT2D eigenvalue weighted by Crippen LogP contribution is 2.25. The summed E-state index contributed by atoms with van der Waals surface area (Å²) >= 11 is 1.51. The summed E-state index contributed by atoms with van der Waals surface area (Å²) in [6.07, 6.45) is 1.07. The lowest BCUT2D eigenvalue weighted by Gasteiger charge is -2.10. The van der Waals surface area contributed by atoms with Crippen molar-refractivity contribution < 1.29 is 24.5 Å². The molecule has 0 saturated carbocycles. The van der Waals surface area contributed by atoms with Gasteiger partial charge in [0, 0.05) is 24.8 Å². The smallest absolute Gasteiger partial charge is 0.133 e. The van der Waals surface area contributed by atoms with Crippen molar-refractivity contribution in [3.63, 3.8) is 0 Å². The molecule has 0 spiro atoms. The lowest BCUT2D eigenvalue weighted by Crippen LogP contribution is -2.01.